The fraction of sp³-hybridized carbons (Fsp3) is 0.500. The van der Waals surface area contributed by atoms with Crippen LogP contribution in [0.5, 0.6) is 11.5 Å². The zero-order chi connectivity index (χ0) is 27.1. The molecule has 0 unspecified atom stereocenters. The molecule has 3 aliphatic rings. The van der Waals surface area contributed by atoms with Gasteiger partial charge < -0.3 is 19.5 Å². The van der Waals surface area contributed by atoms with Crippen LogP contribution in [0.1, 0.15) is 71.8 Å². The largest absolute Gasteiger partial charge is 0.490 e. The molecule has 0 saturated carbocycles. The van der Waals surface area contributed by atoms with E-state index in [4.69, 9.17) is 15.9 Å². The Morgan fingerprint density at radius 2 is 1.57 bits per heavy atom. The molecule has 196 valence electrons. The number of ketones is 2. The zero-order valence-corrected chi connectivity index (χ0v) is 22.3. The average molecular weight is 506 g/mol. The van der Waals surface area contributed by atoms with Gasteiger partial charge in [0.05, 0.1) is 6.61 Å². The van der Waals surface area contributed by atoms with Gasteiger partial charge >= 0.3 is 5.97 Å². The molecule has 0 amide bonds. The number of carbonyl (C=O) groups is 3. The number of terminal acetylenes is 1. The number of hydrogen-bond donors (Lipinski definition) is 1. The molecule has 1 aromatic carbocycles. The fourth-order valence-electron chi connectivity index (χ4n) is 5.92. The van der Waals surface area contributed by atoms with Crippen LogP contribution >= 0.6 is 0 Å². The summed E-state index contributed by atoms with van der Waals surface area (Å²) in [6.45, 7) is 10.1. The first-order valence-corrected chi connectivity index (χ1v) is 12.7. The van der Waals surface area contributed by atoms with Crippen molar-refractivity contribution >= 4 is 17.5 Å². The predicted molar refractivity (Wildman–Crippen MR) is 139 cm³/mol. The highest BCUT2D eigenvalue weighted by molar-refractivity contribution is 6.07. The van der Waals surface area contributed by atoms with E-state index in [1.54, 1.807) is 11.0 Å². The molecule has 7 nitrogen and oxygen atoms in total. The SMILES string of the molecule is C#CCOc1ccc(C2C3=C(CC(C)(C)CC3=O)N(CC(=O)O)C3=C2C(=O)CC(C)(C)C3)cc1OCC. The summed E-state index contributed by atoms with van der Waals surface area (Å²) in [6.07, 6.45) is 7.11. The van der Waals surface area contributed by atoms with Crippen molar-refractivity contribution < 1.29 is 29.0 Å². The van der Waals surface area contributed by atoms with Gasteiger partial charge in [-0.1, -0.05) is 39.7 Å². The van der Waals surface area contributed by atoms with E-state index in [1.807, 2.05) is 46.8 Å². The molecular formula is C30H35NO6. The zero-order valence-electron chi connectivity index (χ0n) is 22.3. The third-order valence-corrected chi connectivity index (χ3v) is 7.23. The molecule has 0 bridgehead atoms. The fourth-order valence-corrected chi connectivity index (χ4v) is 5.92. The molecule has 37 heavy (non-hydrogen) atoms. The van der Waals surface area contributed by atoms with Gasteiger partial charge in [-0.3, -0.25) is 14.4 Å². The molecule has 1 aliphatic heterocycles. The summed E-state index contributed by atoms with van der Waals surface area (Å²) < 4.78 is 11.5. The van der Waals surface area contributed by atoms with E-state index in [0.29, 0.717) is 66.3 Å². The van der Waals surface area contributed by atoms with E-state index in [-0.39, 0.29) is 35.5 Å². The highest BCUT2D eigenvalue weighted by Crippen LogP contribution is 2.54. The van der Waals surface area contributed by atoms with Gasteiger partial charge in [0.25, 0.3) is 0 Å². The first-order valence-electron chi connectivity index (χ1n) is 12.7. The van der Waals surface area contributed by atoms with Crippen LogP contribution in [0.25, 0.3) is 0 Å². The molecule has 1 N–H and O–H groups in total. The minimum absolute atomic E-state index is 0.0542. The maximum atomic E-state index is 13.7. The van der Waals surface area contributed by atoms with Gasteiger partial charge in [-0.2, -0.15) is 0 Å². The molecule has 0 spiro atoms. The van der Waals surface area contributed by atoms with Gasteiger partial charge in [-0.05, 0) is 48.3 Å². The molecule has 1 heterocycles. The number of benzene rings is 1. The van der Waals surface area contributed by atoms with E-state index in [2.05, 4.69) is 5.92 Å². The van der Waals surface area contributed by atoms with E-state index in [1.165, 1.54) is 0 Å². The number of carbonyl (C=O) groups excluding carboxylic acids is 2. The number of carboxylic acid groups (broad SMARTS) is 1. The molecular weight excluding hydrogens is 470 g/mol. The highest BCUT2D eigenvalue weighted by Gasteiger charge is 2.49. The number of hydrogen-bond acceptors (Lipinski definition) is 6. The summed E-state index contributed by atoms with van der Waals surface area (Å²) in [6, 6.07) is 5.43. The van der Waals surface area contributed by atoms with Gasteiger partial charge in [0.1, 0.15) is 13.2 Å². The summed E-state index contributed by atoms with van der Waals surface area (Å²) in [4.78, 5) is 41.2. The van der Waals surface area contributed by atoms with Crippen molar-refractivity contribution in [2.75, 3.05) is 19.8 Å². The second kappa shape index (κ2) is 9.74. The van der Waals surface area contributed by atoms with Crippen molar-refractivity contribution in [3.8, 4) is 23.8 Å². The minimum atomic E-state index is -1.00. The molecule has 0 atom stereocenters. The van der Waals surface area contributed by atoms with Crippen LogP contribution in [0.4, 0.5) is 0 Å². The van der Waals surface area contributed by atoms with Crippen LogP contribution in [0.2, 0.25) is 0 Å². The van der Waals surface area contributed by atoms with Crippen LogP contribution in [0.3, 0.4) is 0 Å². The Morgan fingerprint density at radius 1 is 1.00 bits per heavy atom. The lowest BCUT2D eigenvalue weighted by Crippen LogP contribution is -2.45. The lowest BCUT2D eigenvalue weighted by molar-refractivity contribution is -0.138. The quantitative estimate of drug-likeness (QED) is 0.529. The highest BCUT2D eigenvalue weighted by atomic mass is 16.5. The minimum Gasteiger partial charge on any atom is -0.490 e. The summed E-state index contributed by atoms with van der Waals surface area (Å²) in [5.41, 5.74) is 2.55. The maximum Gasteiger partial charge on any atom is 0.323 e. The van der Waals surface area contributed by atoms with Crippen molar-refractivity contribution in [2.24, 2.45) is 10.8 Å². The molecule has 4 rings (SSSR count). The third-order valence-electron chi connectivity index (χ3n) is 7.23. The summed E-state index contributed by atoms with van der Waals surface area (Å²) >= 11 is 0. The third kappa shape index (κ3) is 5.16. The molecule has 2 aliphatic carbocycles. The van der Waals surface area contributed by atoms with Crippen LogP contribution in [0, 0.1) is 23.2 Å². The van der Waals surface area contributed by atoms with Crippen molar-refractivity contribution in [2.45, 2.75) is 66.2 Å². The van der Waals surface area contributed by atoms with Crippen LogP contribution in [0.15, 0.2) is 40.7 Å². The lowest BCUT2D eigenvalue weighted by atomic mass is 9.63. The van der Waals surface area contributed by atoms with Crippen LogP contribution < -0.4 is 9.47 Å². The molecule has 0 radical (unpaired) electrons. The normalized spacial score (nSPS) is 20.8. The van der Waals surface area contributed by atoms with Gasteiger partial charge in [-0.25, -0.2) is 0 Å². The summed E-state index contributed by atoms with van der Waals surface area (Å²) in [7, 11) is 0. The number of aliphatic carboxylic acids is 1. The van der Waals surface area contributed by atoms with E-state index >= 15 is 0 Å². The lowest BCUT2D eigenvalue weighted by Gasteiger charge is -2.48. The Kier molecular flexibility index (Phi) is 6.98. The summed E-state index contributed by atoms with van der Waals surface area (Å²) in [5.74, 6) is 1.72. The maximum absolute atomic E-state index is 13.7. The number of nitrogens with zero attached hydrogens (tertiary/aromatic N) is 1. The van der Waals surface area contributed by atoms with Crippen LogP contribution in [-0.2, 0) is 14.4 Å². The van der Waals surface area contributed by atoms with Crippen LogP contribution in [-0.4, -0.2) is 47.3 Å². The number of rotatable bonds is 7. The van der Waals surface area contributed by atoms with E-state index in [0.717, 1.165) is 5.56 Å². The molecule has 7 heteroatoms. The first kappa shape index (κ1) is 26.5. The van der Waals surface area contributed by atoms with Crippen molar-refractivity contribution in [3.63, 3.8) is 0 Å². The molecule has 0 saturated heterocycles. The van der Waals surface area contributed by atoms with Gasteiger partial charge in [0.2, 0.25) is 0 Å². The topological polar surface area (TPSA) is 93.1 Å². The number of carboxylic acids is 1. The van der Waals surface area contributed by atoms with E-state index in [9.17, 15) is 19.5 Å². The van der Waals surface area contributed by atoms with Gasteiger partial charge in [0.15, 0.2) is 23.1 Å². The number of Topliss-reactive ketones (excluding diaryl/α,β-unsaturated/α-hetero) is 2. The Bertz CT molecular complexity index is 1210. The monoisotopic (exact) mass is 505 g/mol. The van der Waals surface area contributed by atoms with Gasteiger partial charge in [-0.15, -0.1) is 6.42 Å². The first-order chi connectivity index (χ1) is 17.4. The van der Waals surface area contributed by atoms with Crippen molar-refractivity contribution in [1.82, 2.24) is 4.90 Å². The Balaban J connectivity index is 1.97. The molecule has 0 fully saturated rings. The molecule has 0 aromatic heterocycles. The Morgan fingerprint density at radius 3 is 2.05 bits per heavy atom. The van der Waals surface area contributed by atoms with E-state index < -0.39 is 11.9 Å². The second-order valence-electron chi connectivity index (χ2n) is 11.6. The smallest absolute Gasteiger partial charge is 0.323 e. The molecule has 1 aromatic rings. The standard InChI is InChI=1S/C30H35NO6/c1-7-11-37-23-10-9-18(12-24(23)36-8-2)26-27-19(13-29(3,4)15-21(27)32)31(17-25(34)35)20-14-30(5,6)16-22(33)28(20)26/h1,9-10,12,26H,8,11,13-17H2,2-6H3,(H,34,35). The second-order valence-corrected chi connectivity index (χ2v) is 11.6. The van der Waals surface area contributed by atoms with Crippen molar-refractivity contribution in [3.05, 3.63) is 46.3 Å². The Labute approximate surface area is 218 Å². The van der Waals surface area contributed by atoms with Crippen molar-refractivity contribution in [1.29, 1.82) is 0 Å². The Hall–Kier alpha value is -3.53. The number of allylic oxidation sites excluding steroid dienone is 4. The van der Waals surface area contributed by atoms with Gasteiger partial charge in [0, 0.05) is 41.3 Å². The predicted octanol–water partition coefficient (Wildman–Crippen LogP) is 4.87. The summed E-state index contributed by atoms with van der Waals surface area (Å²) in [5, 5.41) is 9.82. The number of ether oxygens (including phenoxy) is 2. The average Bonchev–Trinajstić information content (AvgIpc) is 2.77.